The molecule has 0 aliphatic rings. The van der Waals surface area contributed by atoms with Crippen LogP contribution in [-0.2, 0) is 9.36 Å². The number of carbonyl (C=O) groups is 1. The fourth-order valence-corrected chi connectivity index (χ4v) is 0.804. The van der Waals surface area contributed by atoms with Crippen LogP contribution in [0.4, 0.5) is 0 Å². The highest BCUT2D eigenvalue weighted by Gasteiger charge is 2.12. The fourth-order valence-electron chi connectivity index (χ4n) is 0.413. The molecule has 0 aromatic rings. The van der Waals surface area contributed by atoms with Gasteiger partial charge in [-0.15, -0.1) is 0 Å². The Morgan fingerprint density at radius 2 is 2.08 bits per heavy atom. The Bertz CT molecular complexity index is 202. The first kappa shape index (κ1) is 11.5. The van der Waals surface area contributed by atoms with Gasteiger partial charge in [0, 0.05) is 6.92 Å². The molecule has 0 spiro atoms. The molecule has 0 atom stereocenters. The molecule has 0 aromatic heterocycles. The van der Waals surface area contributed by atoms with Crippen LogP contribution in [0.5, 0.6) is 0 Å². The number of amides is 1. The quantitative estimate of drug-likeness (QED) is 0.198. The second-order valence-corrected chi connectivity index (χ2v) is 3.80. The van der Waals surface area contributed by atoms with Crippen molar-refractivity contribution in [1.82, 2.24) is 10.4 Å². The third kappa shape index (κ3) is 6.26. The van der Waals surface area contributed by atoms with Gasteiger partial charge in [0.2, 0.25) is 5.91 Å². The number of nitrogens with zero attached hydrogens (tertiary/aromatic N) is 1. The second kappa shape index (κ2) is 4.54. The predicted molar refractivity (Wildman–Crippen MR) is 39.2 cm³/mol. The summed E-state index contributed by atoms with van der Waals surface area (Å²) in [6.07, 6.45) is -0.572. The van der Waals surface area contributed by atoms with Crippen LogP contribution in [0.15, 0.2) is 0 Å². The van der Waals surface area contributed by atoms with Crippen molar-refractivity contribution in [2.75, 3.05) is 13.0 Å². The molecule has 4 N–H and O–H groups in total. The van der Waals surface area contributed by atoms with Crippen molar-refractivity contribution in [2.24, 2.45) is 0 Å². The number of hydrogen-bond acceptors (Lipinski definition) is 4. The van der Waals surface area contributed by atoms with E-state index in [2.05, 4.69) is 5.32 Å². The summed E-state index contributed by atoms with van der Waals surface area (Å²) >= 11 is 0. The van der Waals surface area contributed by atoms with Gasteiger partial charge in [0.15, 0.2) is 0 Å². The maximum Gasteiger partial charge on any atom is 0.339 e. The molecular weight excluding hydrogens is 187 g/mol. The van der Waals surface area contributed by atoms with E-state index in [1.165, 1.54) is 0 Å². The number of nitrogens with one attached hydrogen (secondary N) is 1. The monoisotopic (exact) mass is 198 g/mol. The highest BCUT2D eigenvalue weighted by Crippen LogP contribution is 2.31. The zero-order chi connectivity index (χ0) is 9.78. The smallest absolute Gasteiger partial charge is 0.324 e. The third-order valence-corrected chi connectivity index (χ3v) is 1.58. The van der Waals surface area contributed by atoms with Gasteiger partial charge < -0.3 is 9.79 Å². The highest BCUT2D eigenvalue weighted by molar-refractivity contribution is 7.51. The molecule has 8 heteroatoms. The van der Waals surface area contributed by atoms with Crippen LogP contribution in [0, 0.1) is 0 Å². The molecular formula is C4H11N2O5P. The fraction of sp³-hybridized carbons (Fsp3) is 0.750. The van der Waals surface area contributed by atoms with Crippen molar-refractivity contribution >= 4 is 13.5 Å². The molecule has 0 heterocycles. The van der Waals surface area contributed by atoms with E-state index >= 15 is 0 Å². The van der Waals surface area contributed by atoms with Gasteiger partial charge in [-0.25, -0.2) is 5.06 Å². The average molecular weight is 198 g/mol. The molecule has 72 valence electrons. The molecule has 0 aliphatic carbocycles. The summed E-state index contributed by atoms with van der Waals surface area (Å²) in [5.41, 5.74) is 0. The summed E-state index contributed by atoms with van der Waals surface area (Å²) < 4.78 is 10.2. The van der Waals surface area contributed by atoms with Crippen LogP contribution in [0.3, 0.4) is 0 Å². The Morgan fingerprint density at radius 3 is 2.42 bits per heavy atom. The van der Waals surface area contributed by atoms with Crippen molar-refractivity contribution in [2.45, 2.75) is 6.92 Å². The normalized spacial score (nSPS) is 11.3. The molecule has 0 bridgehead atoms. The van der Waals surface area contributed by atoms with E-state index in [1.54, 1.807) is 0 Å². The lowest BCUT2D eigenvalue weighted by Crippen LogP contribution is -2.35. The van der Waals surface area contributed by atoms with Crippen LogP contribution in [-0.4, -0.2) is 38.9 Å². The van der Waals surface area contributed by atoms with E-state index in [1.807, 2.05) is 0 Å². The van der Waals surface area contributed by atoms with Crippen molar-refractivity contribution in [3.63, 3.8) is 0 Å². The lowest BCUT2D eigenvalue weighted by Gasteiger charge is -2.13. The number of carbonyl (C=O) groups excluding carboxylic acids is 1. The number of hydrogen-bond donors (Lipinski definition) is 4. The molecule has 0 radical (unpaired) electrons. The maximum atomic E-state index is 10.3. The summed E-state index contributed by atoms with van der Waals surface area (Å²) in [7, 11) is -4.11. The topological polar surface area (TPSA) is 110 Å². The van der Waals surface area contributed by atoms with Crippen molar-refractivity contribution in [1.29, 1.82) is 0 Å². The Balaban J connectivity index is 3.58. The predicted octanol–water partition coefficient (Wildman–Crippen LogP) is -1.09. The molecule has 0 rings (SSSR count). The van der Waals surface area contributed by atoms with Crippen LogP contribution in [0.2, 0.25) is 0 Å². The summed E-state index contributed by atoms with van der Waals surface area (Å²) in [6, 6.07) is 0. The molecule has 0 saturated carbocycles. The van der Waals surface area contributed by atoms with Crippen molar-refractivity contribution < 1.29 is 24.4 Å². The molecule has 0 fully saturated rings. The lowest BCUT2D eigenvalue weighted by molar-refractivity contribution is -0.163. The Labute approximate surface area is 69.1 Å². The minimum atomic E-state index is -4.11. The minimum Gasteiger partial charge on any atom is -0.324 e. The van der Waals surface area contributed by atoms with Crippen LogP contribution in [0.25, 0.3) is 0 Å². The minimum absolute atomic E-state index is 0.305. The number of hydroxylamine groups is 2. The second-order valence-electron chi connectivity index (χ2n) is 2.15. The lowest BCUT2D eigenvalue weighted by atomic mass is 10.7. The summed E-state index contributed by atoms with van der Waals surface area (Å²) in [6.45, 7) is 0.819. The molecule has 7 nitrogen and oxygen atoms in total. The van der Waals surface area contributed by atoms with Crippen LogP contribution < -0.4 is 5.32 Å². The van der Waals surface area contributed by atoms with E-state index in [4.69, 9.17) is 15.0 Å². The first-order valence-corrected chi connectivity index (χ1v) is 4.85. The zero-order valence-electron chi connectivity index (χ0n) is 6.47. The van der Waals surface area contributed by atoms with Crippen LogP contribution >= 0.6 is 7.60 Å². The maximum absolute atomic E-state index is 10.3. The molecule has 12 heavy (non-hydrogen) atoms. The van der Waals surface area contributed by atoms with Gasteiger partial charge in [-0.1, -0.05) is 0 Å². The van der Waals surface area contributed by atoms with E-state index in [0.717, 1.165) is 6.92 Å². The summed E-state index contributed by atoms with van der Waals surface area (Å²) in [5.74, 6) is -0.604. The van der Waals surface area contributed by atoms with E-state index < -0.39 is 19.8 Å². The van der Waals surface area contributed by atoms with Gasteiger partial charge in [-0.2, -0.15) is 0 Å². The largest absolute Gasteiger partial charge is 0.339 e. The molecule has 0 aliphatic heterocycles. The summed E-state index contributed by atoms with van der Waals surface area (Å²) in [4.78, 5) is 27.0. The Kier molecular flexibility index (Phi) is 4.36. The summed E-state index contributed by atoms with van der Waals surface area (Å²) in [5, 5.41) is 11.2. The Morgan fingerprint density at radius 1 is 1.58 bits per heavy atom. The van der Waals surface area contributed by atoms with Crippen molar-refractivity contribution in [3.8, 4) is 0 Å². The van der Waals surface area contributed by atoms with E-state index in [-0.39, 0.29) is 6.67 Å². The highest BCUT2D eigenvalue weighted by atomic mass is 31.2. The van der Waals surface area contributed by atoms with Gasteiger partial charge in [0.05, 0.1) is 6.67 Å². The van der Waals surface area contributed by atoms with E-state index in [0.29, 0.717) is 5.06 Å². The zero-order valence-corrected chi connectivity index (χ0v) is 7.36. The molecule has 0 aromatic carbocycles. The van der Waals surface area contributed by atoms with Crippen LogP contribution in [0.1, 0.15) is 6.92 Å². The third-order valence-electron chi connectivity index (χ3n) is 0.943. The van der Waals surface area contributed by atoms with Crippen molar-refractivity contribution in [3.05, 3.63) is 0 Å². The van der Waals surface area contributed by atoms with Gasteiger partial charge in [-0.05, 0) is 0 Å². The average Bonchev–Trinajstić information content (AvgIpc) is 1.84. The first-order chi connectivity index (χ1) is 5.33. The SMILES string of the molecule is CC(=O)N(O)CNCP(=O)(O)O. The van der Waals surface area contributed by atoms with Gasteiger partial charge in [-0.3, -0.25) is 19.9 Å². The molecule has 1 amide bonds. The van der Waals surface area contributed by atoms with Gasteiger partial charge >= 0.3 is 7.60 Å². The number of rotatable bonds is 4. The molecule has 0 saturated heterocycles. The van der Waals surface area contributed by atoms with Gasteiger partial charge in [0.1, 0.15) is 6.29 Å². The van der Waals surface area contributed by atoms with Gasteiger partial charge in [0.25, 0.3) is 0 Å². The molecule has 0 unspecified atom stereocenters. The standard InChI is InChI=1S/C4H11N2O5P/c1-4(7)6(8)2-5-3-12(9,10)11/h5,8H,2-3H2,1H3,(H2,9,10,11). The van der Waals surface area contributed by atoms with E-state index in [9.17, 15) is 9.36 Å². The first-order valence-electron chi connectivity index (χ1n) is 3.05. The Hall–Kier alpha value is -0.460.